The Labute approximate surface area is 247 Å². The van der Waals surface area contributed by atoms with E-state index in [1.54, 1.807) is 13.2 Å². The first-order valence-electron chi connectivity index (χ1n) is 14.0. The number of rotatable bonds is 10. The number of hydrazone groups is 1. The van der Waals surface area contributed by atoms with E-state index in [1.807, 2.05) is 36.4 Å². The Kier molecular flexibility index (Phi) is 8.22. The first-order chi connectivity index (χ1) is 21.1. The van der Waals surface area contributed by atoms with E-state index in [0.717, 1.165) is 42.3 Å². The van der Waals surface area contributed by atoms with Gasteiger partial charge in [0.25, 0.3) is 5.91 Å². The van der Waals surface area contributed by atoms with Crippen molar-refractivity contribution >= 4 is 28.7 Å². The fraction of sp³-hybridized carbons (Fsp3) is 0.267. The Morgan fingerprint density at radius 2 is 1.91 bits per heavy atom. The standard InChI is InChI=1S/C30H31N9O4/c1-41-26-16-20(12-13-25(26)42-19-22-10-7-9-21-8-3-4-11-23(21)22)17-32-34-30(40)27-24(18-38-14-5-2-6-15-38)39(37-33-27)29-28(31)35-43-36-29/h3-4,7-13,16-17H,2,5-6,14-15,18-19H2,1H3,(H2,31,35)(H,34,40). The molecule has 1 fully saturated rings. The summed E-state index contributed by atoms with van der Waals surface area (Å²) < 4.78 is 17.8. The van der Waals surface area contributed by atoms with Gasteiger partial charge in [0.15, 0.2) is 17.2 Å². The minimum Gasteiger partial charge on any atom is -0.493 e. The van der Waals surface area contributed by atoms with Crippen LogP contribution in [0.4, 0.5) is 5.82 Å². The van der Waals surface area contributed by atoms with Gasteiger partial charge in [-0.05, 0) is 76.3 Å². The number of ether oxygens (including phenoxy) is 2. The summed E-state index contributed by atoms with van der Waals surface area (Å²) in [6, 6.07) is 19.8. The van der Waals surface area contributed by atoms with Gasteiger partial charge in [-0.1, -0.05) is 54.1 Å². The number of carbonyl (C=O) groups is 1. The summed E-state index contributed by atoms with van der Waals surface area (Å²) >= 11 is 0. The molecule has 1 aliphatic rings. The predicted octanol–water partition coefficient (Wildman–Crippen LogP) is 3.72. The van der Waals surface area contributed by atoms with Crippen LogP contribution in [0, 0.1) is 0 Å². The van der Waals surface area contributed by atoms with E-state index < -0.39 is 5.91 Å². The van der Waals surface area contributed by atoms with Gasteiger partial charge in [-0.25, -0.2) is 10.1 Å². The molecule has 43 heavy (non-hydrogen) atoms. The van der Waals surface area contributed by atoms with Gasteiger partial charge in [-0.15, -0.1) is 5.10 Å². The van der Waals surface area contributed by atoms with Gasteiger partial charge in [-0.2, -0.15) is 9.78 Å². The van der Waals surface area contributed by atoms with Crippen LogP contribution < -0.4 is 20.6 Å². The lowest BCUT2D eigenvalue weighted by Gasteiger charge is -2.26. The molecular formula is C30H31N9O4. The number of carbonyl (C=O) groups excluding carboxylic acids is 1. The van der Waals surface area contributed by atoms with Gasteiger partial charge in [0.1, 0.15) is 6.61 Å². The maximum Gasteiger partial charge on any atom is 0.293 e. The lowest BCUT2D eigenvalue weighted by Crippen LogP contribution is -2.31. The highest BCUT2D eigenvalue weighted by molar-refractivity contribution is 5.94. The summed E-state index contributed by atoms with van der Waals surface area (Å²) in [4.78, 5) is 15.4. The molecule has 220 valence electrons. The number of hydrogen-bond acceptors (Lipinski definition) is 11. The number of nitrogen functional groups attached to an aromatic ring is 1. The lowest BCUT2D eigenvalue weighted by molar-refractivity contribution is 0.0947. The molecule has 6 rings (SSSR count). The molecule has 0 unspecified atom stereocenters. The molecule has 0 radical (unpaired) electrons. The van der Waals surface area contributed by atoms with E-state index >= 15 is 0 Å². The number of piperidine rings is 1. The van der Waals surface area contributed by atoms with E-state index in [4.69, 9.17) is 19.8 Å². The minimum absolute atomic E-state index is 0.0493. The van der Waals surface area contributed by atoms with E-state index in [2.05, 4.69) is 54.3 Å². The van der Waals surface area contributed by atoms with Crippen molar-refractivity contribution in [3.63, 3.8) is 0 Å². The van der Waals surface area contributed by atoms with Crippen molar-refractivity contribution in [3.05, 3.63) is 83.2 Å². The normalized spacial score (nSPS) is 13.9. The maximum atomic E-state index is 13.2. The smallest absolute Gasteiger partial charge is 0.293 e. The summed E-state index contributed by atoms with van der Waals surface area (Å²) in [5.41, 5.74) is 10.9. The number of nitrogens with two attached hydrogens (primary N) is 1. The molecule has 0 bridgehead atoms. The molecule has 1 saturated heterocycles. The molecule has 3 heterocycles. The van der Waals surface area contributed by atoms with Crippen LogP contribution in [-0.4, -0.2) is 62.5 Å². The molecule has 13 nitrogen and oxygen atoms in total. The fourth-order valence-electron chi connectivity index (χ4n) is 5.13. The molecule has 13 heteroatoms. The monoisotopic (exact) mass is 581 g/mol. The van der Waals surface area contributed by atoms with Crippen LogP contribution in [0.15, 0.2) is 70.4 Å². The van der Waals surface area contributed by atoms with Crippen molar-refractivity contribution in [2.75, 3.05) is 25.9 Å². The highest BCUT2D eigenvalue weighted by atomic mass is 16.6. The third kappa shape index (κ3) is 6.16. The lowest BCUT2D eigenvalue weighted by atomic mass is 10.1. The predicted molar refractivity (Wildman–Crippen MR) is 159 cm³/mol. The second kappa shape index (κ2) is 12.7. The quantitative estimate of drug-likeness (QED) is 0.184. The van der Waals surface area contributed by atoms with Crippen LogP contribution in [0.1, 0.15) is 46.6 Å². The number of likely N-dealkylation sites (tertiary alicyclic amines) is 1. The molecule has 0 atom stereocenters. The fourth-order valence-corrected chi connectivity index (χ4v) is 5.13. The molecule has 1 amide bonds. The number of hydrogen-bond donors (Lipinski definition) is 2. The molecule has 3 aromatic carbocycles. The number of nitrogens with zero attached hydrogens (tertiary/aromatic N) is 7. The molecule has 0 saturated carbocycles. The van der Waals surface area contributed by atoms with Crippen molar-refractivity contribution in [3.8, 4) is 17.3 Å². The van der Waals surface area contributed by atoms with Crippen LogP contribution in [0.25, 0.3) is 16.6 Å². The van der Waals surface area contributed by atoms with E-state index in [1.165, 1.54) is 17.3 Å². The second-order valence-corrected chi connectivity index (χ2v) is 10.1. The number of amides is 1. The Bertz CT molecular complexity index is 1750. The van der Waals surface area contributed by atoms with Crippen LogP contribution in [-0.2, 0) is 13.2 Å². The molecular weight excluding hydrogens is 550 g/mol. The average molecular weight is 582 g/mol. The molecule has 5 aromatic rings. The number of nitrogens with one attached hydrogen (secondary N) is 1. The first-order valence-corrected chi connectivity index (χ1v) is 14.0. The SMILES string of the molecule is COc1cc(C=NNC(=O)c2nnn(-c3nonc3N)c2CN2CCCCC2)ccc1OCc1cccc2ccccc12. The summed E-state index contributed by atoms with van der Waals surface area (Å²) in [5.74, 6) is 0.843. The Balaban J connectivity index is 1.15. The van der Waals surface area contributed by atoms with Crippen LogP contribution in [0.5, 0.6) is 11.5 Å². The van der Waals surface area contributed by atoms with Crippen molar-refractivity contribution in [1.82, 2.24) is 35.6 Å². The van der Waals surface area contributed by atoms with Gasteiger partial charge in [-0.3, -0.25) is 9.69 Å². The van der Waals surface area contributed by atoms with Gasteiger partial charge in [0, 0.05) is 6.54 Å². The zero-order chi connectivity index (χ0) is 29.6. The molecule has 1 aliphatic heterocycles. The zero-order valence-electron chi connectivity index (χ0n) is 23.6. The third-order valence-corrected chi connectivity index (χ3v) is 7.33. The Morgan fingerprint density at radius 3 is 2.72 bits per heavy atom. The molecule has 3 N–H and O–H groups in total. The van der Waals surface area contributed by atoms with Crippen molar-refractivity contribution in [1.29, 1.82) is 0 Å². The van der Waals surface area contributed by atoms with E-state index in [9.17, 15) is 4.79 Å². The summed E-state index contributed by atoms with van der Waals surface area (Å²) in [6.45, 7) is 2.63. The highest BCUT2D eigenvalue weighted by Crippen LogP contribution is 2.29. The average Bonchev–Trinajstić information content (AvgIpc) is 3.66. The largest absolute Gasteiger partial charge is 0.493 e. The molecule has 2 aromatic heterocycles. The number of anilines is 1. The van der Waals surface area contributed by atoms with E-state index in [0.29, 0.717) is 35.9 Å². The Morgan fingerprint density at radius 1 is 1.07 bits per heavy atom. The summed E-state index contributed by atoms with van der Waals surface area (Å²) in [7, 11) is 1.58. The van der Waals surface area contributed by atoms with Gasteiger partial charge < -0.3 is 15.2 Å². The second-order valence-electron chi connectivity index (χ2n) is 10.1. The third-order valence-electron chi connectivity index (χ3n) is 7.33. The van der Waals surface area contributed by atoms with Gasteiger partial charge >= 0.3 is 0 Å². The zero-order valence-corrected chi connectivity index (χ0v) is 23.6. The van der Waals surface area contributed by atoms with Crippen LogP contribution in [0.3, 0.4) is 0 Å². The summed E-state index contributed by atoms with van der Waals surface area (Å²) in [5, 5.41) is 22.1. The topological polar surface area (TPSA) is 159 Å². The molecule has 0 aliphatic carbocycles. The highest BCUT2D eigenvalue weighted by Gasteiger charge is 2.26. The molecule has 0 spiro atoms. The number of benzene rings is 3. The number of fused-ring (bicyclic) bond motifs is 1. The number of aromatic nitrogens is 5. The van der Waals surface area contributed by atoms with Gasteiger partial charge in [0.2, 0.25) is 11.6 Å². The Hall–Kier alpha value is -5.30. The van der Waals surface area contributed by atoms with E-state index in [-0.39, 0.29) is 17.3 Å². The van der Waals surface area contributed by atoms with Gasteiger partial charge in [0.05, 0.1) is 19.0 Å². The number of methoxy groups -OCH3 is 1. The van der Waals surface area contributed by atoms with Crippen molar-refractivity contribution in [2.45, 2.75) is 32.4 Å². The first kappa shape index (κ1) is 27.8. The van der Waals surface area contributed by atoms with Crippen LogP contribution >= 0.6 is 0 Å². The maximum absolute atomic E-state index is 13.2. The minimum atomic E-state index is -0.522. The van der Waals surface area contributed by atoms with Crippen LogP contribution in [0.2, 0.25) is 0 Å². The van der Waals surface area contributed by atoms with Crippen molar-refractivity contribution < 1.29 is 18.9 Å². The van der Waals surface area contributed by atoms with Crippen molar-refractivity contribution in [2.24, 2.45) is 5.10 Å². The summed E-state index contributed by atoms with van der Waals surface area (Å²) in [6.07, 6.45) is 4.86.